The molecule has 30 heavy (non-hydrogen) atoms. The number of aliphatic hydroxyl groups is 2. The van der Waals surface area contributed by atoms with Gasteiger partial charge < -0.3 is 24.7 Å². The van der Waals surface area contributed by atoms with Gasteiger partial charge in [-0.15, -0.1) is 0 Å². The van der Waals surface area contributed by atoms with Crippen LogP contribution in [0.5, 0.6) is 0 Å². The van der Waals surface area contributed by atoms with Gasteiger partial charge in [0.25, 0.3) is 5.91 Å². The first-order chi connectivity index (χ1) is 14.8. The minimum Gasteiger partial charge on any atom is -0.460 e. The van der Waals surface area contributed by atoms with E-state index in [4.69, 9.17) is 19.4 Å². The molecule has 1 aliphatic rings. The molecule has 0 saturated carbocycles. The van der Waals surface area contributed by atoms with Crippen LogP contribution in [0.1, 0.15) is 72.7 Å². The third-order valence-electron chi connectivity index (χ3n) is 5.47. The molecule has 1 atom stereocenters. The lowest BCUT2D eigenvalue weighted by molar-refractivity contribution is 0.0355. The number of furan rings is 1. The first-order valence-corrected chi connectivity index (χ1v) is 11.1. The highest BCUT2D eigenvalue weighted by molar-refractivity contribution is 6.01. The van der Waals surface area contributed by atoms with E-state index in [-0.39, 0.29) is 25.2 Å². The summed E-state index contributed by atoms with van der Waals surface area (Å²) in [5, 5.41) is 20.9. The molecule has 1 aliphatic carbocycles. The predicted molar refractivity (Wildman–Crippen MR) is 115 cm³/mol. The van der Waals surface area contributed by atoms with Crippen molar-refractivity contribution in [1.82, 2.24) is 5.32 Å². The number of nitrogens with one attached hydrogen (secondary N) is 1. The number of hydrogen-bond donors (Lipinski definition) is 3. The lowest BCUT2D eigenvalue weighted by atomic mass is 9.90. The van der Waals surface area contributed by atoms with E-state index in [1.807, 2.05) is 30.3 Å². The van der Waals surface area contributed by atoms with Gasteiger partial charge in [0.2, 0.25) is 0 Å². The van der Waals surface area contributed by atoms with Gasteiger partial charge >= 0.3 is 0 Å². The van der Waals surface area contributed by atoms with E-state index in [0.29, 0.717) is 30.9 Å². The summed E-state index contributed by atoms with van der Waals surface area (Å²) in [6, 6.07) is 9.73. The summed E-state index contributed by atoms with van der Waals surface area (Å²) in [6.07, 6.45) is 6.47. The first kappa shape index (κ1) is 22.5. The highest BCUT2D eigenvalue weighted by Crippen LogP contribution is 2.42. The topological polar surface area (TPSA) is 91.9 Å². The Kier molecular flexibility index (Phi) is 8.93. The van der Waals surface area contributed by atoms with Gasteiger partial charge in [-0.1, -0.05) is 30.3 Å². The number of aliphatic hydroxyl groups excluding tert-OH is 2. The third kappa shape index (κ3) is 5.72. The number of benzene rings is 1. The predicted octanol–water partition coefficient (Wildman–Crippen LogP) is 4.01. The van der Waals surface area contributed by atoms with E-state index in [1.54, 1.807) is 0 Å². The maximum atomic E-state index is 13.2. The summed E-state index contributed by atoms with van der Waals surface area (Å²) in [7, 11) is 0. The van der Waals surface area contributed by atoms with Crippen molar-refractivity contribution in [2.75, 3.05) is 26.4 Å². The smallest absolute Gasteiger partial charge is 0.255 e. The molecule has 1 aromatic heterocycles. The van der Waals surface area contributed by atoms with Crippen LogP contribution < -0.4 is 5.32 Å². The Morgan fingerprint density at radius 3 is 2.60 bits per heavy atom. The highest BCUT2D eigenvalue weighted by atomic mass is 16.5. The van der Waals surface area contributed by atoms with Crippen LogP contribution >= 0.6 is 0 Å². The minimum absolute atomic E-state index is 0.123. The molecule has 0 radical (unpaired) electrons. The minimum atomic E-state index is -0.151. The molecule has 0 aliphatic heterocycles. The largest absolute Gasteiger partial charge is 0.460 e. The summed E-state index contributed by atoms with van der Waals surface area (Å²) >= 11 is 0. The number of unbranched alkanes of at least 4 members (excludes halogenated alkanes) is 3. The summed E-state index contributed by atoms with van der Waals surface area (Å²) in [6.45, 7) is 1.45. The lowest BCUT2D eigenvalue weighted by Gasteiger charge is -2.23. The Hall–Kier alpha value is -2.15. The van der Waals surface area contributed by atoms with E-state index >= 15 is 0 Å². The number of ether oxygens (including phenoxy) is 1. The number of hydrogen-bond acceptors (Lipinski definition) is 5. The zero-order valence-electron chi connectivity index (χ0n) is 17.6. The van der Waals surface area contributed by atoms with E-state index in [0.717, 1.165) is 61.8 Å². The Balaban J connectivity index is 1.85. The van der Waals surface area contributed by atoms with Gasteiger partial charge in [0.1, 0.15) is 11.5 Å². The van der Waals surface area contributed by atoms with Gasteiger partial charge in [-0.05, 0) is 44.9 Å². The zero-order chi connectivity index (χ0) is 21.2. The molecular weight excluding hydrogens is 382 g/mol. The molecular formula is C24H33NO5. The fourth-order valence-electron chi connectivity index (χ4n) is 3.94. The average Bonchev–Trinajstić information content (AvgIpc) is 3.18. The van der Waals surface area contributed by atoms with Crippen molar-refractivity contribution >= 4 is 5.91 Å². The van der Waals surface area contributed by atoms with Crippen molar-refractivity contribution in [3.63, 3.8) is 0 Å². The number of carbonyl (C=O) groups is 1. The van der Waals surface area contributed by atoms with E-state index < -0.39 is 0 Å². The molecule has 6 heteroatoms. The maximum Gasteiger partial charge on any atom is 0.255 e. The molecule has 2 aromatic rings. The molecule has 1 unspecified atom stereocenters. The van der Waals surface area contributed by atoms with Crippen molar-refractivity contribution in [3.05, 3.63) is 47.2 Å². The first-order valence-electron chi connectivity index (χ1n) is 11.1. The molecule has 1 amide bonds. The van der Waals surface area contributed by atoms with Crippen LogP contribution in [0.15, 0.2) is 34.7 Å². The van der Waals surface area contributed by atoms with Crippen LogP contribution in [-0.2, 0) is 11.2 Å². The third-order valence-corrected chi connectivity index (χ3v) is 5.47. The van der Waals surface area contributed by atoms with Crippen molar-refractivity contribution in [3.8, 4) is 11.3 Å². The van der Waals surface area contributed by atoms with E-state index in [9.17, 15) is 4.79 Å². The molecule has 0 fully saturated rings. The standard InChI is InChI=1S/C24H33NO5/c26-15-6-2-8-17-29-19-12-9-13-20-21(19)22(24(28)25-14-5-7-16-27)23(30-20)18-10-3-1-4-11-18/h1,3-4,10-11,19,26-27H,2,5-9,12-17H2,(H,25,28). The van der Waals surface area contributed by atoms with Gasteiger partial charge in [-0.25, -0.2) is 0 Å². The fraction of sp³-hybridized carbons (Fsp3) is 0.542. The number of aryl methyl sites for hydroxylation is 1. The monoisotopic (exact) mass is 415 g/mol. The highest BCUT2D eigenvalue weighted by Gasteiger charge is 2.33. The molecule has 1 aromatic carbocycles. The molecule has 0 spiro atoms. The van der Waals surface area contributed by atoms with Crippen LogP contribution in [0.4, 0.5) is 0 Å². The molecule has 0 saturated heterocycles. The summed E-state index contributed by atoms with van der Waals surface area (Å²) in [5.74, 6) is 1.31. The van der Waals surface area contributed by atoms with Gasteiger partial charge in [0.05, 0.1) is 11.7 Å². The van der Waals surface area contributed by atoms with Crippen molar-refractivity contribution in [2.45, 2.75) is 57.5 Å². The summed E-state index contributed by atoms with van der Waals surface area (Å²) in [5.41, 5.74) is 2.36. The second-order valence-electron chi connectivity index (χ2n) is 7.73. The number of fused-ring (bicyclic) bond motifs is 1. The van der Waals surface area contributed by atoms with E-state index in [2.05, 4.69) is 5.32 Å². The zero-order valence-corrected chi connectivity index (χ0v) is 17.6. The normalized spacial score (nSPS) is 15.7. The average molecular weight is 416 g/mol. The van der Waals surface area contributed by atoms with Gasteiger partial charge in [-0.3, -0.25) is 4.79 Å². The fourth-order valence-corrected chi connectivity index (χ4v) is 3.94. The SMILES string of the molecule is O=C(NCCCCO)c1c(-c2ccccc2)oc2c1C(OCCCCCO)CCC2. The van der Waals surface area contributed by atoms with Crippen LogP contribution in [-0.4, -0.2) is 42.5 Å². The van der Waals surface area contributed by atoms with E-state index in [1.165, 1.54) is 0 Å². The van der Waals surface area contributed by atoms with Gasteiger partial charge in [0.15, 0.2) is 0 Å². The second-order valence-corrected chi connectivity index (χ2v) is 7.73. The molecule has 0 bridgehead atoms. The Bertz CT molecular complexity index is 786. The molecule has 6 nitrogen and oxygen atoms in total. The molecule has 164 valence electrons. The van der Waals surface area contributed by atoms with Crippen LogP contribution in [0, 0.1) is 0 Å². The number of carbonyl (C=O) groups excluding carboxylic acids is 1. The maximum absolute atomic E-state index is 13.2. The Labute approximate surface area is 178 Å². The van der Waals surface area contributed by atoms with Crippen LogP contribution in [0.2, 0.25) is 0 Å². The van der Waals surface area contributed by atoms with Crippen LogP contribution in [0.3, 0.4) is 0 Å². The number of rotatable bonds is 12. The summed E-state index contributed by atoms with van der Waals surface area (Å²) in [4.78, 5) is 13.2. The van der Waals surface area contributed by atoms with Gasteiger partial charge in [0, 0.05) is 43.9 Å². The summed E-state index contributed by atoms with van der Waals surface area (Å²) < 4.78 is 12.4. The number of amides is 1. The Morgan fingerprint density at radius 2 is 1.83 bits per heavy atom. The van der Waals surface area contributed by atoms with Gasteiger partial charge in [-0.2, -0.15) is 0 Å². The van der Waals surface area contributed by atoms with Crippen molar-refractivity contribution in [1.29, 1.82) is 0 Å². The van der Waals surface area contributed by atoms with Crippen molar-refractivity contribution < 1.29 is 24.2 Å². The lowest BCUT2D eigenvalue weighted by Crippen LogP contribution is -2.27. The molecule has 3 rings (SSSR count). The molecule has 1 heterocycles. The quantitative estimate of drug-likeness (QED) is 0.456. The second kappa shape index (κ2) is 11.9. The van der Waals surface area contributed by atoms with Crippen LogP contribution in [0.25, 0.3) is 11.3 Å². The van der Waals surface area contributed by atoms with Crippen molar-refractivity contribution in [2.24, 2.45) is 0 Å². The molecule has 3 N–H and O–H groups in total. The Morgan fingerprint density at radius 1 is 1.07 bits per heavy atom.